The summed E-state index contributed by atoms with van der Waals surface area (Å²) in [4.78, 5) is 11.4. The van der Waals surface area contributed by atoms with Crippen LogP contribution in [0.4, 0.5) is 5.82 Å². The first-order valence-corrected chi connectivity index (χ1v) is 7.47. The van der Waals surface area contributed by atoms with E-state index in [1.54, 1.807) is 0 Å². The Morgan fingerprint density at radius 1 is 1.21 bits per heavy atom. The number of nitrogens with one attached hydrogen (secondary N) is 1. The molecule has 0 fully saturated rings. The molecule has 1 N–H and O–H groups in total. The van der Waals surface area contributed by atoms with Crippen molar-refractivity contribution in [1.29, 1.82) is 0 Å². The van der Waals surface area contributed by atoms with Crippen LogP contribution in [0.25, 0.3) is 0 Å². The zero-order valence-electron chi connectivity index (χ0n) is 12.8. The molecule has 0 spiro atoms. The third-order valence-electron chi connectivity index (χ3n) is 3.15. The summed E-state index contributed by atoms with van der Waals surface area (Å²) in [6.07, 6.45) is 7.46. The van der Waals surface area contributed by atoms with Gasteiger partial charge in [0.15, 0.2) is 0 Å². The molecule has 1 rings (SSSR count). The Morgan fingerprint density at radius 3 is 2.63 bits per heavy atom. The zero-order chi connectivity index (χ0) is 14.1. The van der Waals surface area contributed by atoms with Crippen molar-refractivity contribution in [1.82, 2.24) is 15.3 Å². The van der Waals surface area contributed by atoms with Gasteiger partial charge < -0.3 is 10.2 Å². The number of nitrogens with zero attached hydrogens (tertiary/aromatic N) is 3. The zero-order valence-corrected chi connectivity index (χ0v) is 12.8. The molecule has 0 bridgehead atoms. The molecule has 4 heteroatoms. The van der Waals surface area contributed by atoms with Crippen molar-refractivity contribution in [2.75, 3.05) is 18.0 Å². The minimum Gasteiger partial charge on any atom is -0.353 e. The van der Waals surface area contributed by atoms with Crippen LogP contribution in [0.3, 0.4) is 0 Å². The molecular weight excluding hydrogens is 236 g/mol. The predicted molar refractivity (Wildman–Crippen MR) is 81.4 cm³/mol. The van der Waals surface area contributed by atoms with Crippen molar-refractivity contribution in [2.24, 2.45) is 0 Å². The van der Waals surface area contributed by atoms with Crippen LogP contribution >= 0.6 is 0 Å². The third-order valence-corrected chi connectivity index (χ3v) is 3.15. The van der Waals surface area contributed by atoms with E-state index >= 15 is 0 Å². The van der Waals surface area contributed by atoms with Gasteiger partial charge >= 0.3 is 0 Å². The fraction of sp³-hybridized carbons (Fsp3) is 0.733. The van der Waals surface area contributed by atoms with Crippen LogP contribution in [0.2, 0.25) is 0 Å². The lowest BCUT2D eigenvalue weighted by atomic mass is 10.2. The standard InChI is InChI=1S/C15H28N4/c1-5-7-8-9-19(13(3)4)15-12-17-11-14(18-15)10-16-6-2/h11-13,16H,5-10H2,1-4H3. The molecule has 0 amide bonds. The van der Waals surface area contributed by atoms with Crippen molar-refractivity contribution in [3.05, 3.63) is 18.1 Å². The van der Waals surface area contributed by atoms with Crippen LogP contribution < -0.4 is 10.2 Å². The Hall–Kier alpha value is -1.16. The molecule has 0 aromatic carbocycles. The van der Waals surface area contributed by atoms with E-state index < -0.39 is 0 Å². The maximum atomic E-state index is 4.71. The van der Waals surface area contributed by atoms with Crippen LogP contribution in [0, 0.1) is 0 Å². The molecular formula is C15H28N4. The second-order valence-electron chi connectivity index (χ2n) is 5.14. The average molecular weight is 264 g/mol. The summed E-state index contributed by atoms with van der Waals surface area (Å²) in [5.41, 5.74) is 1.01. The van der Waals surface area contributed by atoms with Gasteiger partial charge in [0.25, 0.3) is 0 Å². The molecule has 0 aliphatic heterocycles. The van der Waals surface area contributed by atoms with E-state index in [2.05, 4.69) is 42.9 Å². The summed E-state index contributed by atoms with van der Waals surface area (Å²) in [5.74, 6) is 1.00. The van der Waals surface area contributed by atoms with Crippen molar-refractivity contribution in [2.45, 2.75) is 59.5 Å². The van der Waals surface area contributed by atoms with Crippen LogP contribution in [-0.4, -0.2) is 29.1 Å². The fourth-order valence-corrected chi connectivity index (χ4v) is 2.04. The summed E-state index contributed by atoms with van der Waals surface area (Å²) in [7, 11) is 0. The smallest absolute Gasteiger partial charge is 0.147 e. The van der Waals surface area contributed by atoms with Crippen LogP contribution in [0.5, 0.6) is 0 Å². The minimum atomic E-state index is 0.459. The lowest BCUT2D eigenvalue weighted by molar-refractivity contribution is 0.615. The number of aromatic nitrogens is 2. The summed E-state index contributed by atoms with van der Waals surface area (Å²) in [6, 6.07) is 0.459. The van der Waals surface area contributed by atoms with E-state index in [-0.39, 0.29) is 0 Å². The predicted octanol–water partition coefficient (Wildman–Crippen LogP) is 2.99. The molecule has 1 heterocycles. The van der Waals surface area contributed by atoms with Crippen LogP contribution in [0.15, 0.2) is 12.4 Å². The Kier molecular flexibility index (Phi) is 7.41. The van der Waals surface area contributed by atoms with E-state index in [1.807, 2.05) is 12.4 Å². The van der Waals surface area contributed by atoms with Crippen molar-refractivity contribution in [3.63, 3.8) is 0 Å². The summed E-state index contributed by atoms with van der Waals surface area (Å²) < 4.78 is 0. The highest BCUT2D eigenvalue weighted by Gasteiger charge is 2.12. The highest BCUT2D eigenvalue weighted by Crippen LogP contribution is 2.14. The lowest BCUT2D eigenvalue weighted by Gasteiger charge is -2.27. The van der Waals surface area contributed by atoms with Gasteiger partial charge in [-0.1, -0.05) is 26.7 Å². The molecule has 19 heavy (non-hydrogen) atoms. The van der Waals surface area contributed by atoms with Gasteiger partial charge in [-0.15, -0.1) is 0 Å². The van der Waals surface area contributed by atoms with Gasteiger partial charge in [-0.05, 0) is 26.8 Å². The summed E-state index contributed by atoms with van der Waals surface area (Å²) in [6.45, 7) is 11.6. The van der Waals surface area contributed by atoms with Crippen molar-refractivity contribution < 1.29 is 0 Å². The maximum Gasteiger partial charge on any atom is 0.147 e. The highest BCUT2D eigenvalue weighted by molar-refractivity contribution is 5.37. The second kappa shape index (κ2) is 8.86. The molecule has 0 saturated carbocycles. The first-order valence-electron chi connectivity index (χ1n) is 7.47. The Balaban J connectivity index is 2.71. The topological polar surface area (TPSA) is 41.1 Å². The van der Waals surface area contributed by atoms with Gasteiger partial charge in [-0.3, -0.25) is 4.98 Å². The van der Waals surface area contributed by atoms with E-state index in [9.17, 15) is 0 Å². The van der Waals surface area contributed by atoms with Gasteiger partial charge in [-0.25, -0.2) is 4.98 Å². The van der Waals surface area contributed by atoms with E-state index in [0.717, 1.165) is 31.1 Å². The van der Waals surface area contributed by atoms with Gasteiger partial charge in [0.05, 0.1) is 11.9 Å². The van der Waals surface area contributed by atoms with Crippen molar-refractivity contribution in [3.8, 4) is 0 Å². The largest absolute Gasteiger partial charge is 0.353 e. The molecule has 0 unspecified atom stereocenters. The highest BCUT2D eigenvalue weighted by atomic mass is 15.2. The number of anilines is 1. The summed E-state index contributed by atoms with van der Waals surface area (Å²) in [5, 5.41) is 3.29. The normalized spacial score (nSPS) is 11.0. The number of hydrogen-bond donors (Lipinski definition) is 1. The SMILES string of the molecule is CCCCCN(c1cncc(CNCC)n1)C(C)C. The molecule has 0 atom stereocenters. The summed E-state index contributed by atoms with van der Waals surface area (Å²) >= 11 is 0. The Morgan fingerprint density at radius 2 is 2.00 bits per heavy atom. The van der Waals surface area contributed by atoms with Crippen LogP contribution in [0.1, 0.15) is 52.7 Å². The average Bonchev–Trinajstić information content (AvgIpc) is 2.41. The lowest BCUT2D eigenvalue weighted by Crippen LogP contribution is -2.33. The number of rotatable bonds is 9. The third kappa shape index (κ3) is 5.55. The fourth-order valence-electron chi connectivity index (χ4n) is 2.04. The maximum absolute atomic E-state index is 4.71. The Bertz CT molecular complexity index is 352. The van der Waals surface area contributed by atoms with Gasteiger partial charge in [0, 0.05) is 25.3 Å². The van der Waals surface area contributed by atoms with Gasteiger partial charge in [-0.2, -0.15) is 0 Å². The van der Waals surface area contributed by atoms with E-state index in [4.69, 9.17) is 4.98 Å². The first-order chi connectivity index (χ1) is 9.19. The molecule has 0 aliphatic carbocycles. The molecule has 0 saturated heterocycles. The van der Waals surface area contributed by atoms with E-state index in [0.29, 0.717) is 6.04 Å². The molecule has 4 nitrogen and oxygen atoms in total. The van der Waals surface area contributed by atoms with E-state index in [1.165, 1.54) is 19.3 Å². The first kappa shape index (κ1) is 15.9. The quantitative estimate of drug-likeness (QED) is 0.696. The monoisotopic (exact) mass is 264 g/mol. The minimum absolute atomic E-state index is 0.459. The Labute approximate surface area is 117 Å². The van der Waals surface area contributed by atoms with Crippen molar-refractivity contribution >= 4 is 5.82 Å². The van der Waals surface area contributed by atoms with Crippen LogP contribution in [-0.2, 0) is 6.54 Å². The molecule has 0 radical (unpaired) electrons. The molecule has 1 aromatic heterocycles. The molecule has 108 valence electrons. The second-order valence-corrected chi connectivity index (χ2v) is 5.14. The number of hydrogen-bond acceptors (Lipinski definition) is 4. The van der Waals surface area contributed by atoms with Gasteiger partial charge in [0.1, 0.15) is 5.82 Å². The molecule has 1 aromatic rings. The molecule has 0 aliphatic rings. The number of unbranched alkanes of at least 4 members (excludes halogenated alkanes) is 2. The van der Waals surface area contributed by atoms with Gasteiger partial charge in [0.2, 0.25) is 0 Å².